The maximum absolute atomic E-state index is 14.0. The highest BCUT2D eigenvalue weighted by atomic mass is 16.2. The molecule has 4 amide bonds. The number of rotatable bonds is 13. The quantitative estimate of drug-likeness (QED) is 0.191. The normalized spacial score (nSPS) is 12.5. The summed E-state index contributed by atoms with van der Waals surface area (Å²) in [6.45, 7) is 4.84. The topological polar surface area (TPSA) is 119 Å². The summed E-state index contributed by atoms with van der Waals surface area (Å²) in [5.74, 6) is -0.652. The second-order valence-electron chi connectivity index (χ2n) is 11.3. The molecule has 3 aromatic carbocycles. The van der Waals surface area contributed by atoms with E-state index >= 15 is 0 Å². The summed E-state index contributed by atoms with van der Waals surface area (Å²) in [6, 6.07) is 26.9. The molecule has 9 heteroatoms. The van der Waals surface area contributed by atoms with Crippen molar-refractivity contribution >= 4 is 17.8 Å². The van der Waals surface area contributed by atoms with Gasteiger partial charge in [-0.25, -0.2) is 9.78 Å². The smallest absolute Gasteiger partial charge is 0.315 e. The Bertz CT molecular complexity index is 1440. The predicted octanol–water partition coefficient (Wildman–Crippen LogP) is 3.98. The third kappa shape index (κ3) is 9.03. The summed E-state index contributed by atoms with van der Waals surface area (Å²) >= 11 is 0. The number of nitrogens with zero attached hydrogens (tertiary/aromatic N) is 2. The molecule has 2 atom stereocenters. The fourth-order valence-electron chi connectivity index (χ4n) is 4.86. The third-order valence-corrected chi connectivity index (χ3v) is 7.53. The Morgan fingerprint density at radius 1 is 0.837 bits per heavy atom. The first-order chi connectivity index (χ1) is 20.7. The first-order valence-electron chi connectivity index (χ1n) is 14.4. The molecule has 0 aliphatic heterocycles. The molecule has 43 heavy (non-hydrogen) atoms. The van der Waals surface area contributed by atoms with Crippen LogP contribution in [0, 0.1) is 0 Å². The lowest BCUT2D eigenvalue weighted by atomic mass is 9.84. The van der Waals surface area contributed by atoms with Crippen molar-refractivity contribution in [2.75, 3.05) is 13.6 Å². The summed E-state index contributed by atoms with van der Waals surface area (Å²) in [4.78, 5) is 49.2. The number of aromatic amines is 1. The van der Waals surface area contributed by atoms with E-state index in [1.54, 1.807) is 13.2 Å². The molecule has 0 aliphatic carbocycles. The number of aromatic nitrogens is 2. The van der Waals surface area contributed by atoms with Crippen LogP contribution in [0.3, 0.4) is 0 Å². The summed E-state index contributed by atoms with van der Waals surface area (Å²) in [5, 5.41) is 8.73. The number of hydrogen-bond acceptors (Lipinski definition) is 4. The van der Waals surface area contributed by atoms with Crippen LogP contribution in [0.15, 0.2) is 104 Å². The van der Waals surface area contributed by atoms with Gasteiger partial charge < -0.3 is 25.8 Å². The Kier molecular flexibility index (Phi) is 10.7. The van der Waals surface area contributed by atoms with E-state index in [2.05, 4.69) is 39.8 Å². The minimum absolute atomic E-state index is 0.183. The van der Waals surface area contributed by atoms with Crippen molar-refractivity contribution in [1.82, 2.24) is 30.8 Å². The number of nitrogens with one attached hydrogen (secondary N) is 4. The Morgan fingerprint density at radius 3 is 2.05 bits per heavy atom. The Hall–Kier alpha value is -4.92. The van der Waals surface area contributed by atoms with Crippen molar-refractivity contribution in [3.63, 3.8) is 0 Å². The molecule has 0 saturated carbocycles. The maximum atomic E-state index is 14.0. The van der Waals surface area contributed by atoms with Crippen LogP contribution < -0.4 is 16.0 Å². The van der Waals surface area contributed by atoms with Crippen LogP contribution in [0.2, 0.25) is 0 Å². The molecule has 0 saturated heterocycles. The second kappa shape index (κ2) is 14.8. The van der Waals surface area contributed by atoms with Crippen molar-refractivity contribution in [1.29, 1.82) is 0 Å². The fraction of sp³-hybridized carbons (Fsp3) is 0.294. The van der Waals surface area contributed by atoms with Gasteiger partial charge in [0.05, 0.1) is 6.33 Å². The molecular weight excluding hydrogens is 540 g/mol. The van der Waals surface area contributed by atoms with Gasteiger partial charge in [0.25, 0.3) is 0 Å². The standard InChI is InChI=1S/C34H40N6O3/c1-34(2,27-17-11-6-12-18-27)23-37-31(41)30(19-25-13-7-4-8-14-25)40(3)32(42)29(20-28-22-35-24-38-28)39-33(43)36-21-26-15-9-5-10-16-26/h4-18,22,24,29-30H,19-21,23H2,1-3H3,(H,35,38)(H,37,41)(H2,36,39,43)/t29-,30+/m0/s1. The molecule has 4 rings (SSSR count). The fourth-order valence-corrected chi connectivity index (χ4v) is 4.86. The van der Waals surface area contributed by atoms with Gasteiger partial charge in [-0.1, -0.05) is 105 Å². The lowest BCUT2D eigenvalue weighted by Crippen LogP contribution is -2.57. The molecule has 0 bridgehead atoms. The number of imidazole rings is 1. The molecule has 9 nitrogen and oxygen atoms in total. The molecule has 0 radical (unpaired) electrons. The van der Waals surface area contributed by atoms with E-state index in [1.807, 2.05) is 91.0 Å². The first-order valence-corrected chi connectivity index (χ1v) is 14.4. The van der Waals surface area contributed by atoms with Gasteiger partial charge in [-0.05, 0) is 16.7 Å². The maximum Gasteiger partial charge on any atom is 0.315 e. The van der Waals surface area contributed by atoms with Gasteiger partial charge in [0, 0.05) is 50.3 Å². The van der Waals surface area contributed by atoms with E-state index in [-0.39, 0.29) is 23.7 Å². The number of likely N-dealkylation sites (N-methyl/N-ethyl adjacent to an activating group) is 1. The van der Waals surface area contributed by atoms with Gasteiger partial charge in [-0.3, -0.25) is 9.59 Å². The second-order valence-corrected chi connectivity index (χ2v) is 11.3. The number of H-pyrrole nitrogens is 1. The van der Waals surface area contributed by atoms with E-state index in [0.29, 0.717) is 25.2 Å². The van der Waals surface area contributed by atoms with Gasteiger partial charge in [0.1, 0.15) is 12.1 Å². The minimum atomic E-state index is -0.937. The SMILES string of the molecule is CN(C(=O)[C@H](Cc1cnc[nH]1)NC(=O)NCc1ccccc1)[C@H](Cc1ccccc1)C(=O)NCC(C)(C)c1ccccc1. The van der Waals surface area contributed by atoms with Crippen molar-refractivity contribution in [2.24, 2.45) is 0 Å². The average Bonchev–Trinajstić information content (AvgIpc) is 3.55. The molecule has 1 heterocycles. The molecule has 4 aromatic rings. The van der Waals surface area contributed by atoms with Gasteiger partial charge >= 0.3 is 6.03 Å². The van der Waals surface area contributed by atoms with Gasteiger partial charge in [-0.15, -0.1) is 0 Å². The minimum Gasteiger partial charge on any atom is -0.353 e. The Labute approximate surface area is 253 Å². The monoisotopic (exact) mass is 580 g/mol. The van der Waals surface area contributed by atoms with Crippen molar-refractivity contribution in [3.8, 4) is 0 Å². The zero-order chi connectivity index (χ0) is 30.7. The molecule has 0 aliphatic rings. The highest BCUT2D eigenvalue weighted by Crippen LogP contribution is 2.22. The lowest BCUT2D eigenvalue weighted by Gasteiger charge is -2.32. The van der Waals surface area contributed by atoms with Crippen molar-refractivity contribution < 1.29 is 14.4 Å². The van der Waals surface area contributed by atoms with E-state index in [9.17, 15) is 14.4 Å². The van der Waals surface area contributed by atoms with Gasteiger partial charge in [0.15, 0.2) is 0 Å². The summed E-state index contributed by atoms with van der Waals surface area (Å²) in [7, 11) is 1.61. The largest absolute Gasteiger partial charge is 0.353 e. The third-order valence-electron chi connectivity index (χ3n) is 7.53. The number of hydrogen-bond donors (Lipinski definition) is 4. The molecule has 0 fully saturated rings. The number of benzene rings is 3. The lowest BCUT2D eigenvalue weighted by molar-refractivity contribution is -0.140. The predicted molar refractivity (Wildman–Crippen MR) is 167 cm³/mol. The van der Waals surface area contributed by atoms with E-state index in [0.717, 1.165) is 16.7 Å². The van der Waals surface area contributed by atoms with Gasteiger partial charge in [-0.2, -0.15) is 0 Å². The molecule has 0 unspecified atom stereocenters. The van der Waals surface area contributed by atoms with Crippen LogP contribution in [-0.4, -0.2) is 58.4 Å². The van der Waals surface area contributed by atoms with Crippen LogP contribution in [0.1, 0.15) is 36.2 Å². The molecular formula is C34H40N6O3. The Morgan fingerprint density at radius 2 is 1.44 bits per heavy atom. The Balaban J connectivity index is 1.51. The number of amides is 4. The molecule has 4 N–H and O–H groups in total. The summed E-state index contributed by atoms with van der Waals surface area (Å²) in [6.07, 6.45) is 3.64. The van der Waals surface area contributed by atoms with Crippen LogP contribution in [-0.2, 0) is 34.4 Å². The van der Waals surface area contributed by atoms with Gasteiger partial charge in [0.2, 0.25) is 11.8 Å². The first kappa shape index (κ1) is 31.0. The zero-order valence-electron chi connectivity index (χ0n) is 24.9. The molecule has 0 spiro atoms. The number of carbonyl (C=O) groups excluding carboxylic acids is 3. The summed E-state index contributed by atoms with van der Waals surface area (Å²) in [5.41, 5.74) is 3.32. The molecule has 224 valence electrons. The number of urea groups is 1. The highest BCUT2D eigenvalue weighted by molar-refractivity contribution is 5.92. The van der Waals surface area contributed by atoms with Crippen LogP contribution in [0.25, 0.3) is 0 Å². The van der Waals surface area contributed by atoms with E-state index in [4.69, 9.17) is 0 Å². The number of carbonyl (C=O) groups is 3. The van der Waals surface area contributed by atoms with E-state index in [1.165, 1.54) is 11.2 Å². The van der Waals surface area contributed by atoms with Crippen LogP contribution >= 0.6 is 0 Å². The summed E-state index contributed by atoms with van der Waals surface area (Å²) < 4.78 is 0. The van der Waals surface area contributed by atoms with Crippen molar-refractivity contribution in [3.05, 3.63) is 126 Å². The van der Waals surface area contributed by atoms with Crippen LogP contribution in [0.5, 0.6) is 0 Å². The average molecular weight is 581 g/mol. The zero-order valence-corrected chi connectivity index (χ0v) is 24.9. The van der Waals surface area contributed by atoms with Crippen LogP contribution in [0.4, 0.5) is 4.79 Å². The van der Waals surface area contributed by atoms with E-state index < -0.39 is 18.1 Å². The van der Waals surface area contributed by atoms with Crippen molar-refractivity contribution in [2.45, 2.75) is 50.7 Å². The highest BCUT2D eigenvalue weighted by Gasteiger charge is 2.33. The molecule has 1 aromatic heterocycles.